The van der Waals surface area contributed by atoms with Crippen LogP contribution in [0.2, 0.25) is 5.28 Å². The fourth-order valence-electron chi connectivity index (χ4n) is 2.65. The highest BCUT2D eigenvalue weighted by molar-refractivity contribution is 6.28. The number of halogens is 1. The van der Waals surface area contributed by atoms with Crippen LogP contribution in [0.4, 0.5) is 16.4 Å². The average molecular weight is 347 g/mol. The maximum Gasteiger partial charge on any atom is 0.418 e. The fraction of sp³-hybridized carbons (Fsp3) is 0.267. The van der Waals surface area contributed by atoms with Crippen LogP contribution in [0.25, 0.3) is 11.0 Å². The minimum Gasteiger partial charge on any atom is -0.464 e. The molecule has 0 spiro atoms. The summed E-state index contributed by atoms with van der Waals surface area (Å²) < 4.78 is 2.02. The van der Waals surface area contributed by atoms with Gasteiger partial charge in [0.1, 0.15) is 23.0 Å². The number of hydrogen-bond donors (Lipinski definition) is 1. The summed E-state index contributed by atoms with van der Waals surface area (Å²) in [5.74, 6) is 1.18. The normalized spacial score (nSPS) is 11.2. The molecule has 0 aliphatic heterocycles. The largest absolute Gasteiger partial charge is 0.464 e. The van der Waals surface area contributed by atoms with Gasteiger partial charge in [0.15, 0.2) is 0 Å². The van der Waals surface area contributed by atoms with Gasteiger partial charge in [-0.15, -0.1) is 0 Å². The van der Waals surface area contributed by atoms with Gasteiger partial charge in [0.2, 0.25) is 5.28 Å². The van der Waals surface area contributed by atoms with Crippen molar-refractivity contribution in [3.05, 3.63) is 35.6 Å². The Morgan fingerprint density at radius 1 is 1.29 bits per heavy atom. The summed E-state index contributed by atoms with van der Waals surface area (Å²) in [5.41, 5.74) is 1.51. The standard InChI is InChI=1S/C15H15ClN6O2/c1-8(2)21-9(3)19-10-7-18-13(6-11(10)21)22(15(23)24)12-4-5-17-14(16)20-12/h4-8H,1-3H3,(H,23,24). The molecule has 9 heteroatoms. The number of pyridine rings is 1. The summed E-state index contributed by atoms with van der Waals surface area (Å²) in [5, 5.41) is 9.55. The lowest BCUT2D eigenvalue weighted by molar-refractivity contribution is 0.204. The first-order valence-corrected chi connectivity index (χ1v) is 7.62. The van der Waals surface area contributed by atoms with Crippen molar-refractivity contribution in [2.24, 2.45) is 0 Å². The van der Waals surface area contributed by atoms with Crippen molar-refractivity contribution in [1.29, 1.82) is 0 Å². The number of hydrogen-bond acceptors (Lipinski definition) is 5. The van der Waals surface area contributed by atoms with Gasteiger partial charge in [-0.05, 0) is 32.4 Å². The minimum atomic E-state index is -1.22. The number of fused-ring (bicyclic) bond motifs is 1. The van der Waals surface area contributed by atoms with Gasteiger partial charge in [-0.25, -0.2) is 24.6 Å². The average Bonchev–Trinajstić information content (AvgIpc) is 2.82. The Kier molecular flexibility index (Phi) is 4.06. The van der Waals surface area contributed by atoms with Crippen molar-refractivity contribution in [3.8, 4) is 0 Å². The van der Waals surface area contributed by atoms with Crippen LogP contribution in [0, 0.1) is 6.92 Å². The molecular formula is C15H15ClN6O2. The third-order valence-corrected chi connectivity index (χ3v) is 3.70. The number of nitrogens with zero attached hydrogens (tertiary/aromatic N) is 6. The number of imidazole rings is 1. The summed E-state index contributed by atoms with van der Waals surface area (Å²) >= 11 is 5.77. The molecule has 0 atom stereocenters. The zero-order valence-corrected chi connectivity index (χ0v) is 14.1. The summed E-state index contributed by atoms with van der Waals surface area (Å²) in [6, 6.07) is 3.31. The molecule has 3 aromatic heterocycles. The van der Waals surface area contributed by atoms with E-state index in [9.17, 15) is 9.90 Å². The van der Waals surface area contributed by atoms with E-state index in [4.69, 9.17) is 11.6 Å². The maximum absolute atomic E-state index is 11.7. The highest BCUT2D eigenvalue weighted by atomic mass is 35.5. The molecule has 0 bridgehead atoms. The van der Waals surface area contributed by atoms with E-state index in [1.807, 2.05) is 25.3 Å². The lowest BCUT2D eigenvalue weighted by Gasteiger charge is -2.18. The van der Waals surface area contributed by atoms with Gasteiger partial charge in [-0.3, -0.25) is 0 Å². The van der Waals surface area contributed by atoms with Crippen LogP contribution in [0.3, 0.4) is 0 Å². The van der Waals surface area contributed by atoms with Crippen molar-refractivity contribution in [3.63, 3.8) is 0 Å². The van der Waals surface area contributed by atoms with E-state index in [2.05, 4.69) is 19.9 Å². The highest BCUT2D eigenvalue weighted by Crippen LogP contribution is 2.27. The number of carboxylic acid groups (broad SMARTS) is 1. The highest BCUT2D eigenvalue weighted by Gasteiger charge is 2.22. The van der Waals surface area contributed by atoms with E-state index < -0.39 is 6.09 Å². The van der Waals surface area contributed by atoms with Gasteiger partial charge in [-0.1, -0.05) is 0 Å². The Bertz CT molecular complexity index is 923. The summed E-state index contributed by atoms with van der Waals surface area (Å²) in [6.07, 6.45) is 1.72. The molecule has 3 aromatic rings. The first kappa shape index (κ1) is 16.1. The van der Waals surface area contributed by atoms with Crippen LogP contribution in [-0.2, 0) is 0 Å². The molecule has 0 fully saturated rings. The third kappa shape index (κ3) is 2.76. The predicted octanol–water partition coefficient (Wildman–Crippen LogP) is 3.58. The Morgan fingerprint density at radius 2 is 2.04 bits per heavy atom. The number of aryl methyl sites for hydroxylation is 1. The summed E-state index contributed by atoms with van der Waals surface area (Å²) in [6.45, 7) is 5.97. The minimum absolute atomic E-state index is 0.0390. The Morgan fingerprint density at radius 3 is 2.67 bits per heavy atom. The molecule has 0 aliphatic rings. The molecule has 0 aromatic carbocycles. The van der Waals surface area contributed by atoms with Gasteiger partial charge in [-0.2, -0.15) is 4.98 Å². The van der Waals surface area contributed by atoms with Crippen LogP contribution >= 0.6 is 11.6 Å². The quantitative estimate of drug-likeness (QED) is 0.728. The molecular weight excluding hydrogens is 332 g/mol. The Hall–Kier alpha value is -2.74. The number of aromatic nitrogens is 5. The molecule has 0 saturated carbocycles. The van der Waals surface area contributed by atoms with Crippen LogP contribution in [-0.4, -0.2) is 35.7 Å². The van der Waals surface area contributed by atoms with Crippen molar-refractivity contribution >= 4 is 40.4 Å². The summed E-state index contributed by atoms with van der Waals surface area (Å²) in [4.78, 5) is 29.1. The predicted molar refractivity (Wildman–Crippen MR) is 89.9 cm³/mol. The van der Waals surface area contributed by atoms with Crippen LogP contribution in [0.15, 0.2) is 24.5 Å². The maximum atomic E-state index is 11.7. The van der Waals surface area contributed by atoms with Gasteiger partial charge < -0.3 is 9.67 Å². The van der Waals surface area contributed by atoms with Crippen LogP contribution in [0.1, 0.15) is 25.7 Å². The van der Waals surface area contributed by atoms with Crippen molar-refractivity contribution in [1.82, 2.24) is 24.5 Å². The van der Waals surface area contributed by atoms with Crippen LogP contribution < -0.4 is 4.90 Å². The van der Waals surface area contributed by atoms with E-state index in [1.165, 1.54) is 12.3 Å². The van der Waals surface area contributed by atoms with E-state index in [0.717, 1.165) is 16.2 Å². The first-order chi connectivity index (χ1) is 11.4. The molecule has 1 amide bonds. The second-order valence-electron chi connectivity index (χ2n) is 5.46. The molecule has 3 heterocycles. The lowest BCUT2D eigenvalue weighted by Crippen LogP contribution is -2.25. The van der Waals surface area contributed by atoms with Crippen molar-refractivity contribution in [2.45, 2.75) is 26.8 Å². The summed E-state index contributed by atoms with van der Waals surface area (Å²) in [7, 11) is 0. The van der Waals surface area contributed by atoms with Gasteiger partial charge >= 0.3 is 6.09 Å². The second-order valence-corrected chi connectivity index (χ2v) is 5.79. The monoisotopic (exact) mass is 346 g/mol. The molecule has 0 unspecified atom stereocenters. The number of anilines is 2. The van der Waals surface area contributed by atoms with E-state index in [1.54, 1.807) is 12.3 Å². The van der Waals surface area contributed by atoms with E-state index >= 15 is 0 Å². The zero-order valence-electron chi connectivity index (χ0n) is 13.3. The van der Waals surface area contributed by atoms with E-state index in [-0.39, 0.29) is 23.0 Å². The van der Waals surface area contributed by atoms with Gasteiger partial charge in [0.05, 0.1) is 11.7 Å². The van der Waals surface area contributed by atoms with Gasteiger partial charge in [0, 0.05) is 24.4 Å². The lowest BCUT2D eigenvalue weighted by atomic mass is 10.3. The molecule has 124 valence electrons. The second kappa shape index (κ2) is 6.04. The van der Waals surface area contributed by atoms with E-state index in [0.29, 0.717) is 5.52 Å². The van der Waals surface area contributed by atoms with Crippen molar-refractivity contribution in [2.75, 3.05) is 4.90 Å². The SMILES string of the molecule is Cc1nc2cnc(N(C(=O)O)c3ccnc(Cl)n3)cc2n1C(C)C. The Labute approximate surface area is 142 Å². The number of rotatable bonds is 3. The number of carbonyl (C=O) groups is 1. The first-order valence-electron chi connectivity index (χ1n) is 7.24. The van der Waals surface area contributed by atoms with Gasteiger partial charge in [0.25, 0.3) is 0 Å². The third-order valence-electron chi connectivity index (χ3n) is 3.52. The molecule has 0 saturated heterocycles. The molecule has 0 aliphatic carbocycles. The smallest absolute Gasteiger partial charge is 0.418 e. The molecule has 24 heavy (non-hydrogen) atoms. The Balaban J connectivity index is 2.18. The molecule has 3 rings (SSSR count). The number of amides is 1. The van der Waals surface area contributed by atoms with Crippen molar-refractivity contribution < 1.29 is 9.90 Å². The topological polar surface area (TPSA) is 97.0 Å². The molecule has 1 N–H and O–H groups in total. The molecule has 0 radical (unpaired) electrons. The van der Waals surface area contributed by atoms with Crippen LogP contribution in [0.5, 0.6) is 0 Å². The zero-order chi connectivity index (χ0) is 17.4. The fourth-order valence-corrected chi connectivity index (χ4v) is 2.79. The molecule has 8 nitrogen and oxygen atoms in total.